The molecular formula is C21H28N2. The van der Waals surface area contributed by atoms with Crippen LogP contribution in [0.2, 0.25) is 0 Å². The Balaban J connectivity index is 1.65. The van der Waals surface area contributed by atoms with Gasteiger partial charge < -0.3 is 4.90 Å². The van der Waals surface area contributed by atoms with Crippen molar-refractivity contribution in [3.05, 3.63) is 71.8 Å². The molecule has 1 aliphatic rings. The van der Waals surface area contributed by atoms with Crippen molar-refractivity contribution in [2.75, 3.05) is 26.7 Å². The van der Waals surface area contributed by atoms with Gasteiger partial charge >= 0.3 is 0 Å². The number of likely N-dealkylation sites (tertiary alicyclic amines) is 1. The second-order valence-electron chi connectivity index (χ2n) is 6.73. The highest BCUT2D eigenvalue weighted by molar-refractivity contribution is 5.16. The summed E-state index contributed by atoms with van der Waals surface area (Å²) < 4.78 is 0. The number of piperidine rings is 1. The first-order chi connectivity index (χ1) is 11.3. The monoisotopic (exact) mass is 308 g/mol. The fourth-order valence-electron chi connectivity index (χ4n) is 3.49. The summed E-state index contributed by atoms with van der Waals surface area (Å²) >= 11 is 0. The maximum atomic E-state index is 2.70. The molecule has 0 unspecified atom stereocenters. The van der Waals surface area contributed by atoms with Gasteiger partial charge in [-0.05, 0) is 50.5 Å². The second kappa shape index (κ2) is 8.28. The van der Waals surface area contributed by atoms with Crippen LogP contribution in [0, 0.1) is 0 Å². The van der Waals surface area contributed by atoms with Crippen LogP contribution in [0.15, 0.2) is 60.7 Å². The number of hydrogen-bond acceptors (Lipinski definition) is 2. The molecule has 1 fully saturated rings. The molecule has 0 saturated carbocycles. The molecule has 0 amide bonds. The molecule has 0 radical (unpaired) electrons. The molecule has 0 spiro atoms. The summed E-state index contributed by atoms with van der Waals surface area (Å²) in [7, 11) is 2.24. The summed E-state index contributed by atoms with van der Waals surface area (Å²) in [5, 5.41) is 0. The zero-order valence-electron chi connectivity index (χ0n) is 14.2. The molecule has 0 N–H and O–H groups in total. The molecule has 1 saturated heterocycles. The summed E-state index contributed by atoms with van der Waals surface area (Å²) in [6, 6.07) is 22.5. The fraction of sp³-hybridized carbons (Fsp3) is 0.429. The Morgan fingerprint density at radius 1 is 0.870 bits per heavy atom. The second-order valence-corrected chi connectivity index (χ2v) is 6.73. The van der Waals surface area contributed by atoms with Crippen LogP contribution in [0.4, 0.5) is 0 Å². The molecule has 23 heavy (non-hydrogen) atoms. The van der Waals surface area contributed by atoms with Crippen LogP contribution in [-0.4, -0.2) is 42.5 Å². The Kier molecular flexibility index (Phi) is 5.84. The zero-order valence-corrected chi connectivity index (χ0v) is 14.2. The molecule has 0 bridgehead atoms. The quantitative estimate of drug-likeness (QED) is 0.800. The van der Waals surface area contributed by atoms with Crippen molar-refractivity contribution >= 4 is 0 Å². The SMILES string of the molecule is CN1CCC(N(CCc2ccccc2)Cc2ccccc2)CC1. The summed E-state index contributed by atoms with van der Waals surface area (Å²) in [6.45, 7) is 4.66. The molecule has 2 aromatic carbocycles. The van der Waals surface area contributed by atoms with Crippen LogP contribution in [0.5, 0.6) is 0 Å². The van der Waals surface area contributed by atoms with Crippen molar-refractivity contribution in [2.24, 2.45) is 0 Å². The molecular weight excluding hydrogens is 280 g/mol. The lowest BCUT2D eigenvalue weighted by Gasteiger charge is -2.37. The van der Waals surface area contributed by atoms with E-state index in [2.05, 4.69) is 77.5 Å². The molecule has 2 heteroatoms. The average molecular weight is 308 g/mol. The Labute approximate surface area is 140 Å². The lowest BCUT2D eigenvalue weighted by Crippen LogP contribution is -2.44. The third kappa shape index (κ3) is 4.92. The van der Waals surface area contributed by atoms with Crippen molar-refractivity contribution in [1.82, 2.24) is 9.80 Å². The minimum atomic E-state index is 0.718. The van der Waals surface area contributed by atoms with E-state index in [9.17, 15) is 0 Å². The maximum Gasteiger partial charge on any atom is 0.0236 e. The number of benzene rings is 2. The topological polar surface area (TPSA) is 6.48 Å². The largest absolute Gasteiger partial charge is 0.306 e. The molecule has 3 rings (SSSR count). The van der Waals surface area contributed by atoms with Gasteiger partial charge in [-0.3, -0.25) is 4.90 Å². The highest BCUT2D eigenvalue weighted by atomic mass is 15.2. The van der Waals surface area contributed by atoms with E-state index in [4.69, 9.17) is 0 Å². The van der Waals surface area contributed by atoms with Crippen LogP contribution in [-0.2, 0) is 13.0 Å². The van der Waals surface area contributed by atoms with Crippen molar-refractivity contribution in [2.45, 2.75) is 31.8 Å². The number of rotatable bonds is 6. The van der Waals surface area contributed by atoms with E-state index < -0.39 is 0 Å². The van der Waals surface area contributed by atoms with Crippen LogP contribution in [0.3, 0.4) is 0 Å². The first kappa shape index (κ1) is 16.2. The molecule has 1 aliphatic heterocycles. The molecule has 1 heterocycles. The van der Waals surface area contributed by atoms with E-state index in [-0.39, 0.29) is 0 Å². The van der Waals surface area contributed by atoms with Gasteiger partial charge in [-0.25, -0.2) is 0 Å². The smallest absolute Gasteiger partial charge is 0.0236 e. The molecule has 122 valence electrons. The zero-order chi connectivity index (χ0) is 15.9. The average Bonchev–Trinajstić information content (AvgIpc) is 2.61. The van der Waals surface area contributed by atoms with E-state index in [0.29, 0.717) is 0 Å². The van der Waals surface area contributed by atoms with Gasteiger partial charge in [0.2, 0.25) is 0 Å². The predicted molar refractivity (Wildman–Crippen MR) is 97.5 cm³/mol. The molecule has 2 aromatic rings. The Morgan fingerprint density at radius 3 is 2.04 bits per heavy atom. The van der Waals surface area contributed by atoms with Gasteiger partial charge in [0.05, 0.1) is 0 Å². The van der Waals surface area contributed by atoms with Gasteiger partial charge in [0.25, 0.3) is 0 Å². The van der Waals surface area contributed by atoms with E-state index in [1.54, 1.807) is 0 Å². The van der Waals surface area contributed by atoms with E-state index in [1.165, 1.54) is 37.1 Å². The lowest BCUT2D eigenvalue weighted by molar-refractivity contribution is 0.115. The van der Waals surface area contributed by atoms with E-state index in [0.717, 1.165) is 25.6 Å². The van der Waals surface area contributed by atoms with Crippen LogP contribution in [0.25, 0.3) is 0 Å². The lowest BCUT2D eigenvalue weighted by atomic mass is 10.0. The van der Waals surface area contributed by atoms with Crippen molar-refractivity contribution in [1.29, 1.82) is 0 Å². The van der Waals surface area contributed by atoms with Gasteiger partial charge in [0.1, 0.15) is 0 Å². The molecule has 0 aromatic heterocycles. The maximum absolute atomic E-state index is 2.70. The Bertz CT molecular complexity index is 559. The summed E-state index contributed by atoms with van der Waals surface area (Å²) in [4.78, 5) is 5.16. The third-order valence-electron chi connectivity index (χ3n) is 4.96. The minimum Gasteiger partial charge on any atom is -0.306 e. The Morgan fingerprint density at radius 2 is 1.43 bits per heavy atom. The first-order valence-corrected chi connectivity index (χ1v) is 8.82. The van der Waals surface area contributed by atoms with Gasteiger partial charge in [0, 0.05) is 19.1 Å². The van der Waals surface area contributed by atoms with Gasteiger partial charge in [-0.2, -0.15) is 0 Å². The third-order valence-corrected chi connectivity index (χ3v) is 4.96. The fourth-order valence-corrected chi connectivity index (χ4v) is 3.49. The van der Waals surface area contributed by atoms with Crippen molar-refractivity contribution < 1.29 is 0 Å². The predicted octanol–water partition coefficient (Wildman–Crippen LogP) is 3.83. The van der Waals surface area contributed by atoms with Crippen LogP contribution in [0.1, 0.15) is 24.0 Å². The van der Waals surface area contributed by atoms with Crippen molar-refractivity contribution in [3.63, 3.8) is 0 Å². The molecule has 0 aliphatic carbocycles. The Hall–Kier alpha value is -1.64. The van der Waals surface area contributed by atoms with Gasteiger partial charge in [0.15, 0.2) is 0 Å². The summed E-state index contributed by atoms with van der Waals surface area (Å²) in [5.41, 5.74) is 2.87. The number of nitrogens with zero attached hydrogens (tertiary/aromatic N) is 2. The number of hydrogen-bond donors (Lipinski definition) is 0. The first-order valence-electron chi connectivity index (χ1n) is 8.82. The minimum absolute atomic E-state index is 0.718. The molecule has 2 nitrogen and oxygen atoms in total. The van der Waals surface area contributed by atoms with Gasteiger partial charge in [-0.1, -0.05) is 60.7 Å². The standard InChI is InChI=1S/C21H28N2/c1-22-15-13-21(14-16-22)23(18-20-10-6-3-7-11-20)17-12-19-8-4-2-5-9-19/h2-11,21H,12-18H2,1H3. The highest BCUT2D eigenvalue weighted by Gasteiger charge is 2.23. The van der Waals surface area contributed by atoms with Gasteiger partial charge in [-0.15, -0.1) is 0 Å². The van der Waals surface area contributed by atoms with Crippen LogP contribution >= 0.6 is 0 Å². The highest BCUT2D eigenvalue weighted by Crippen LogP contribution is 2.19. The van der Waals surface area contributed by atoms with Crippen LogP contribution < -0.4 is 0 Å². The van der Waals surface area contributed by atoms with E-state index in [1.807, 2.05) is 0 Å². The van der Waals surface area contributed by atoms with Crippen molar-refractivity contribution in [3.8, 4) is 0 Å². The normalized spacial score (nSPS) is 16.8. The summed E-state index contributed by atoms with van der Waals surface area (Å²) in [5.74, 6) is 0. The molecule has 0 atom stereocenters. The van der Waals surface area contributed by atoms with E-state index >= 15 is 0 Å². The summed E-state index contributed by atoms with van der Waals surface area (Å²) in [6.07, 6.45) is 3.72.